The normalized spacial score (nSPS) is 10.1. The SMILES string of the molecule is CCc1cc(-c2cc[c]cc2)ccn1. The molecule has 1 aromatic heterocycles. The molecular weight excluding hydrogens is 170 g/mol. The molecule has 1 radical (unpaired) electrons. The monoisotopic (exact) mass is 182 g/mol. The number of hydrogen-bond donors (Lipinski definition) is 0. The Bertz CT molecular complexity index is 407. The Kier molecular flexibility index (Phi) is 2.59. The highest BCUT2D eigenvalue weighted by Crippen LogP contribution is 2.18. The molecule has 1 nitrogen and oxygen atoms in total. The lowest BCUT2D eigenvalue weighted by Gasteiger charge is -2.02. The summed E-state index contributed by atoms with van der Waals surface area (Å²) in [5, 5.41) is 0. The van der Waals surface area contributed by atoms with Gasteiger partial charge in [-0.3, -0.25) is 4.98 Å². The summed E-state index contributed by atoms with van der Waals surface area (Å²) in [7, 11) is 0. The smallest absolute Gasteiger partial charge is 0.0407 e. The van der Waals surface area contributed by atoms with Crippen LogP contribution in [0.2, 0.25) is 0 Å². The van der Waals surface area contributed by atoms with E-state index in [1.165, 1.54) is 11.1 Å². The van der Waals surface area contributed by atoms with Crippen molar-refractivity contribution in [1.82, 2.24) is 4.98 Å². The van der Waals surface area contributed by atoms with Crippen LogP contribution in [0.4, 0.5) is 0 Å². The Morgan fingerprint density at radius 1 is 1.14 bits per heavy atom. The fraction of sp³-hybridized carbons (Fsp3) is 0.154. The number of aryl methyl sites for hydroxylation is 1. The van der Waals surface area contributed by atoms with Gasteiger partial charge in [-0.1, -0.05) is 31.2 Å². The summed E-state index contributed by atoms with van der Waals surface area (Å²) in [4.78, 5) is 4.28. The van der Waals surface area contributed by atoms with Gasteiger partial charge in [-0.05, 0) is 35.7 Å². The predicted octanol–water partition coefficient (Wildman–Crippen LogP) is 3.11. The lowest BCUT2D eigenvalue weighted by atomic mass is 10.1. The molecule has 0 saturated carbocycles. The zero-order valence-electron chi connectivity index (χ0n) is 8.20. The lowest BCUT2D eigenvalue weighted by Crippen LogP contribution is -1.86. The fourth-order valence-electron chi connectivity index (χ4n) is 1.43. The van der Waals surface area contributed by atoms with Crippen LogP contribution in [-0.2, 0) is 6.42 Å². The van der Waals surface area contributed by atoms with E-state index in [-0.39, 0.29) is 0 Å². The quantitative estimate of drug-likeness (QED) is 0.695. The van der Waals surface area contributed by atoms with E-state index in [1.807, 2.05) is 24.4 Å². The van der Waals surface area contributed by atoms with E-state index in [0.717, 1.165) is 12.1 Å². The van der Waals surface area contributed by atoms with Crippen molar-refractivity contribution in [3.63, 3.8) is 0 Å². The first-order chi connectivity index (χ1) is 6.90. The van der Waals surface area contributed by atoms with Gasteiger partial charge in [-0.25, -0.2) is 0 Å². The summed E-state index contributed by atoms with van der Waals surface area (Å²) < 4.78 is 0. The summed E-state index contributed by atoms with van der Waals surface area (Å²) in [6, 6.07) is 15.2. The number of nitrogens with zero attached hydrogens (tertiary/aromatic N) is 1. The third-order valence-corrected chi connectivity index (χ3v) is 2.23. The first kappa shape index (κ1) is 8.95. The molecule has 0 saturated heterocycles. The fourth-order valence-corrected chi connectivity index (χ4v) is 1.43. The third kappa shape index (κ3) is 1.82. The van der Waals surface area contributed by atoms with Gasteiger partial charge in [-0.2, -0.15) is 0 Å². The summed E-state index contributed by atoms with van der Waals surface area (Å²) in [5.74, 6) is 0. The second-order valence-electron chi connectivity index (χ2n) is 3.18. The van der Waals surface area contributed by atoms with Gasteiger partial charge >= 0.3 is 0 Å². The van der Waals surface area contributed by atoms with Crippen LogP contribution >= 0.6 is 0 Å². The molecule has 2 rings (SSSR count). The van der Waals surface area contributed by atoms with Gasteiger partial charge in [-0.15, -0.1) is 0 Å². The van der Waals surface area contributed by atoms with Gasteiger partial charge in [0.15, 0.2) is 0 Å². The topological polar surface area (TPSA) is 12.9 Å². The Labute approximate surface area is 84.4 Å². The Hall–Kier alpha value is -1.63. The van der Waals surface area contributed by atoms with Crippen LogP contribution in [0.5, 0.6) is 0 Å². The van der Waals surface area contributed by atoms with Crippen molar-refractivity contribution < 1.29 is 0 Å². The minimum Gasteiger partial charge on any atom is -0.261 e. The summed E-state index contributed by atoms with van der Waals surface area (Å²) >= 11 is 0. The second kappa shape index (κ2) is 4.05. The van der Waals surface area contributed by atoms with Gasteiger partial charge in [0.25, 0.3) is 0 Å². The van der Waals surface area contributed by atoms with Crippen LogP contribution in [0.25, 0.3) is 11.1 Å². The first-order valence-electron chi connectivity index (χ1n) is 4.81. The molecule has 0 atom stereocenters. The highest BCUT2D eigenvalue weighted by Gasteiger charge is 1.97. The zero-order chi connectivity index (χ0) is 9.80. The van der Waals surface area contributed by atoms with Crippen molar-refractivity contribution >= 4 is 0 Å². The van der Waals surface area contributed by atoms with Crippen molar-refractivity contribution in [2.24, 2.45) is 0 Å². The van der Waals surface area contributed by atoms with E-state index < -0.39 is 0 Å². The molecule has 2 aromatic rings. The number of benzene rings is 1. The van der Waals surface area contributed by atoms with Gasteiger partial charge < -0.3 is 0 Å². The summed E-state index contributed by atoms with van der Waals surface area (Å²) in [6.07, 6.45) is 2.84. The molecule has 0 bridgehead atoms. The highest BCUT2D eigenvalue weighted by molar-refractivity contribution is 5.62. The molecule has 69 valence electrons. The van der Waals surface area contributed by atoms with Crippen LogP contribution in [0, 0.1) is 6.07 Å². The zero-order valence-corrected chi connectivity index (χ0v) is 8.20. The predicted molar refractivity (Wildman–Crippen MR) is 57.9 cm³/mol. The average molecular weight is 182 g/mol. The second-order valence-corrected chi connectivity index (χ2v) is 3.18. The van der Waals surface area contributed by atoms with Crippen molar-refractivity contribution in [1.29, 1.82) is 0 Å². The summed E-state index contributed by atoms with van der Waals surface area (Å²) in [5.41, 5.74) is 3.59. The molecule has 0 N–H and O–H groups in total. The first-order valence-corrected chi connectivity index (χ1v) is 4.81. The van der Waals surface area contributed by atoms with Crippen LogP contribution in [0.3, 0.4) is 0 Å². The van der Waals surface area contributed by atoms with Crippen LogP contribution < -0.4 is 0 Å². The van der Waals surface area contributed by atoms with Gasteiger partial charge in [0, 0.05) is 11.9 Å². The molecule has 1 heterocycles. The molecule has 0 aliphatic rings. The third-order valence-electron chi connectivity index (χ3n) is 2.23. The Morgan fingerprint density at radius 3 is 2.64 bits per heavy atom. The maximum atomic E-state index is 4.28. The van der Waals surface area contributed by atoms with Gasteiger partial charge in [0.2, 0.25) is 0 Å². The maximum Gasteiger partial charge on any atom is 0.0407 e. The van der Waals surface area contributed by atoms with Crippen LogP contribution in [-0.4, -0.2) is 4.98 Å². The van der Waals surface area contributed by atoms with E-state index in [9.17, 15) is 0 Å². The molecule has 0 aliphatic carbocycles. The maximum absolute atomic E-state index is 4.28. The number of hydrogen-bond acceptors (Lipinski definition) is 1. The van der Waals surface area contributed by atoms with Crippen molar-refractivity contribution in [2.75, 3.05) is 0 Å². The van der Waals surface area contributed by atoms with Crippen molar-refractivity contribution in [3.8, 4) is 11.1 Å². The van der Waals surface area contributed by atoms with E-state index in [2.05, 4.69) is 36.2 Å². The largest absolute Gasteiger partial charge is 0.261 e. The molecule has 1 aromatic carbocycles. The van der Waals surface area contributed by atoms with E-state index in [1.54, 1.807) is 0 Å². The summed E-state index contributed by atoms with van der Waals surface area (Å²) in [6.45, 7) is 2.12. The minimum atomic E-state index is 0.979. The number of aromatic nitrogens is 1. The number of pyridine rings is 1. The molecule has 1 heteroatoms. The number of rotatable bonds is 2. The van der Waals surface area contributed by atoms with Crippen molar-refractivity contribution in [3.05, 3.63) is 54.4 Å². The van der Waals surface area contributed by atoms with Crippen LogP contribution in [0.1, 0.15) is 12.6 Å². The molecular formula is C13H12N. The Morgan fingerprint density at radius 2 is 1.93 bits per heavy atom. The van der Waals surface area contributed by atoms with Crippen molar-refractivity contribution in [2.45, 2.75) is 13.3 Å². The highest BCUT2D eigenvalue weighted by atomic mass is 14.7. The average Bonchev–Trinajstić information content (AvgIpc) is 2.30. The van der Waals surface area contributed by atoms with Gasteiger partial charge in [0.1, 0.15) is 0 Å². The lowest BCUT2D eigenvalue weighted by molar-refractivity contribution is 1.04. The molecule has 0 spiro atoms. The van der Waals surface area contributed by atoms with E-state index in [0.29, 0.717) is 0 Å². The molecule has 0 unspecified atom stereocenters. The minimum absolute atomic E-state index is 0.979. The van der Waals surface area contributed by atoms with E-state index in [4.69, 9.17) is 0 Å². The Balaban J connectivity index is 2.42. The van der Waals surface area contributed by atoms with E-state index >= 15 is 0 Å². The molecule has 0 amide bonds. The van der Waals surface area contributed by atoms with Crippen LogP contribution in [0.15, 0.2) is 42.6 Å². The molecule has 0 fully saturated rings. The molecule has 14 heavy (non-hydrogen) atoms. The van der Waals surface area contributed by atoms with Gasteiger partial charge in [0.05, 0.1) is 0 Å². The standard InChI is InChI=1S/C13H12N/c1-2-13-10-12(8-9-14-13)11-6-4-3-5-7-11/h4-10H,2H2,1H3. The molecule has 0 aliphatic heterocycles.